The monoisotopic (exact) mass is 245 g/mol. The quantitative estimate of drug-likeness (QED) is 0.881. The molecule has 2 fully saturated rings. The van der Waals surface area contributed by atoms with Gasteiger partial charge in [-0.1, -0.05) is 18.6 Å². The maximum absolute atomic E-state index is 9.24. The lowest BCUT2D eigenvalue weighted by Crippen LogP contribution is -2.23. The van der Waals surface area contributed by atoms with E-state index in [2.05, 4.69) is 4.90 Å². The molecule has 0 radical (unpaired) electrons. The standard InChI is InChI=1S/C16H23NO/c18-16-8-6-13(7-9-16)3-2-10-17-11-14-4-1-5-15(14)12-17/h6-9,14-15,18H,1-5,10-12H2. The minimum absolute atomic E-state index is 0.367. The Hall–Kier alpha value is -1.02. The van der Waals surface area contributed by atoms with Crippen molar-refractivity contribution < 1.29 is 5.11 Å². The Morgan fingerprint density at radius 3 is 2.39 bits per heavy atom. The summed E-state index contributed by atoms with van der Waals surface area (Å²) in [7, 11) is 0. The van der Waals surface area contributed by atoms with Crippen LogP contribution < -0.4 is 0 Å². The minimum Gasteiger partial charge on any atom is -0.508 e. The molecule has 2 unspecified atom stereocenters. The van der Waals surface area contributed by atoms with Crippen molar-refractivity contribution >= 4 is 0 Å². The highest BCUT2D eigenvalue weighted by Crippen LogP contribution is 2.37. The van der Waals surface area contributed by atoms with Crippen molar-refractivity contribution in [2.45, 2.75) is 32.1 Å². The number of phenolic OH excluding ortho intramolecular Hbond substituents is 1. The number of aromatic hydroxyl groups is 1. The van der Waals surface area contributed by atoms with E-state index < -0.39 is 0 Å². The Labute approximate surface area is 110 Å². The van der Waals surface area contributed by atoms with E-state index in [1.807, 2.05) is 12.1 Å². The summed E-state index contributed by atoms with van der Waals surface area (Å²) >= 11 is 0. The molecule has 1 aromatic rings. The topological polar surface area (TPSA) is 23.5 Å². The van der Waals surface area contributed by atoms with Gasteiger partial charge < -0.3 is 10.0 Å². The van der Waals surface area contributed by atoms with Gasteiger partial charge in [0.15, 0.2) is 0 Å². The minimum atomic E-state index is 0.367. The second-order valence-electron chi connectivity index (χ2n) is 5.98. The van der Waals surface area contributed by atoms with Gasteiger partial charge in [0.1, 0.15) is 5.75 Å². The van der Waals surface area contributed by atoms with E-state index in [-0.39, 0.29) is 0 Å². The van der Waals surface area contributed by atoms with Crippen LogP contribution in [0.4, 0.5) is 0 Å². The van der Waals surface area contributed by atoms with Gasteiger partial charge in [-0.2, -0.15) is 0 Å². The fraction of sp³-hybridized carbons (Fsp3) is 0.625. The van der Waals surface area contributed by atoms with Crippen molar-refractivity contribution in [3.8, 4) is 5.75 Å². The molecule has 0 bridgehead atoms. The molecule has 0 amide bonds. The van der Waals surface area contributed by atoms with Crippen LogP contribution in [0.25, 0.3) is 0 Å². The molecular formula is C16H23NO. The predicted molar refractivity (Wildman–Crippen MR) is 73.7 cm³/mol. The molecule has 3 rings (SSSR count). The Balaban J connectivity index is 1.41. The van der Waals surface area contributed by atoms with E-state index in [9.17, 15) is 5.11 Å². The van der Waals surface area contributed by atoms with Crippen molar-refractivity contribution in [1.82, 2.24) is 4.90 Å². The smallest absolute Gasteiger partial charge is 0.115 e. The van der Waals surface area contributed by atoms with Crippen molar-refractivity contribution in [3.63, 3.8) is 0 Å². The van der Waals surface area contributed by atoms with Gasteiger partial charge in [0, 0.05) is 13.1 Å². The number of likely N-dealkylation sites (tertiary alicyclic amines) is 1. The van der Waals surface area contributed by atoms with E-state index >= 15 is 0 Å². The van der Waals surface area contributed by atoms with Gasteiger partial charge in [-0.25, -0.2) is 0 Å². The largest absolute Gasteiger partial charge is 0.508 e. The molecule has 2 aliphatic rings. The number of rotatable bonds is 4. The summed E-state index contributed by atoms with van der Waals surface area (Å²) in [5.41, 5.74) is 1.34. The molecule has 1 aliphatic carbocycles. The van der Waals surface area contributed by atoms with E-state index in [1.54, 1.807) is 12.1 Å². The number of aryl methyl sites for hydroxylation is 1. The number of nitrogens with zero attached hydrogens (tertiary/aromatic N) is 1. The maximum atomic E-state index is 9.24. The van der Waals surface area contributed by atoms with Crippen molar-refractivity contribution in [3.05, 3.63) is 29.8 Å². The fourth-order valence-corrected chi connectivity index (χ4v) is 3.68. The zero-order chi connectivity index (χ0) is 12.4. The predicted octanol–water partition coefficient (Wildman–Crippen LogP) is 3.06. The molecule has 2 heteroatoms. The number of phenols is 1. The second kappa shape index (κ2) is 5.31. The molecule has 1 aromatic carbocycles. The zero-order valence-corrected chi connectivity index (χ0v) is 11.0. The van der Waals surface area contributed by atoms with Gasteiger partial charge in [-0.15, -0.1) is 0 Å². The number of benzene rings is 1. The highest BCUT2D eigenvalue weighted by molar-refractivity contribution is 5.25. The average molecular weight is 245 g/mol. The molecular weight excluding hydrogens is 222 g/mol. The van der Waals surface area contributed by atoms with Crippen LogP contribution in [-0.2, 0) is 6.42 Å². The van der Waals surface area contributed by atoms with Crippen LogP contribution in [0.2, 0.25) is 0 Å². The zero-order valence-electron chi connectivity index (χ0n) is 11.0. The number of hydrogen-bond acceptors (Lipinski definition) is 2. The fourth-order valence-electron chi connectivity index (χ4n) is 3.68. The maximum Gasteiger partial charge on any atom is 0.115 e. The molecule has 1 N–H and O–H groups in total. The van der Waals surface area contributed by atoms with Crippen molar-refractivity contribution in [2.24, 2.45) is 11.8 Å². The summed E-state index contributed by atoms with van der Waals surface area (Å²) in [6.07, 6.45) is 6.78. The van der Waals surface area contributed by atoms with Crippen LogP contribution in [0.3, 0.4) is 0 Å². The van der Waals surface area contributed by atoms with Crippen LogP contribution in [0.15, 0.2) is 24.3 Å². The van der Waals surface area contributed by atoms with E-state index in [0.717, 1.165) is 18.3 Å². The molecule has 2 nitrogen and oxygen atoms in total. The van der Waals surface area contributed by atoms with E-state index in [1.165, 1.54) is 50.9 Å². The van der Waals surface area contributed by atoms with Crippen LogP contribution in [-0.4, -0.2) is 29.6 Å². The Morgan fingerprint density at radius 1 is 1.06 bits per heavy atom. The third kappa shape index (κ3) is 2.69. The van der Waals surface area contributed by atoms with Gasteiger partial charge in [-0.05, 0) is 61.8 Å². The average Bonchev–Trinajstić information content (AvgIpc) is 2.92. The first-order chi connectivity index (χ1) is 8.81. The Kier molecular flexibility index (Phi) is 3.55. The highest BCUT2D eigenvalue weighted by atomic mass is 16.3. The summed E-state index contributed by atoms with van der Waals surface area (Å²) in [6.45, 7) is 3.94. The molecule has 1 saturated heterocycles. The Morgan fingerprint density at radius 2 is 1.72 bits per heavy atom. The van der Waals surface area contributed by atoms with Gasteiger partial charge >= 0.3 is 0 Å². The second-order valence-corrected chi connectivity index (χ2v) is 5.98. The first-order valence-electron chi connectivity index (χ1n) is 7.31. The summed E-state index contributed by atoms with van der Waals surface area (Å²) in [5, 5.41) is 9.24. The van der Waals surface area contributed by atoms with Gasteiger partial charge in [0.05, 0.1) is 0 Å². The summed E-state index contributed by atoms with van der Waals surface area (Å²) in [5.74, 6) is 2.39. The van der Waals surface area contributed by atoms with Crippen LogP contribution in [0.5, 0.6) is 5.75 Å². The summed E-state index contributed by atoms with van der Waals surface area (Å²) < 4.78 is 0. The molecule has 2 atom stereocenters. The van der Waals surface area contributed by atoms with Gasteiger partial charge in [0.25, 0.3) is 0 Å². The van der Waals surface area contributed by atoms with E-state index in [4.69, 9.17) is 0 Å². The third-order valence-corrected chi connectivity index (χ3v) is 4.68. The van der Waals surface area contributed by atoms with E-state index in [0.29, 0.717) is 5.75 Å². The number of hydrogen-bond donors (Lipinski definition) is 1. The first-order valence-corrected chi connectivity index (χ1v) is 7.31. The van der Waals surface area contributed by atoms with Crippen molar-refractivity contribution in [1.29, 1.82) is 0 Å². The molecule has 1 aliphatic heterocycles. The lowest BCUT2D eigenvalue weighted by Gasteiger charge is -2.16. The first kappa shape index (κ1) is 12.0. The lowest BCUT2D eigenvalue weighted by atomic mass is 10.0. The summed E-state index contributed by atoms with van der Waals surface area (Å²) in [4.78, 5) is 2.66. The molecule has 1 heterocycles. The molecule has 1 saturated carbocycles. The third-order valence-electron chi connectivity index (χ3n) is 4.68. The van der Waals surface area contributed by atoms with Crippen LogP contribution in [0, 0.1) is 11.8 Å². The summed E-state index contributed by atoms with van der Waals surface area (Å²) in [6, 6.07) is 7.65. The normalized spacial score (nSPS) is 27.6. The van der Waals surface area contributed by atoms with Crippen molar-refractivity contribution in [2.75, 3.05) is 19.6 Å². The highest BCUT2D eigenvalue weighted by Gasteiger charge is 2.35. The SMILES string of the molecule is Oc1ccc(CCCN2CC3CCCC3C2)cc1. The van der Waals surface area contributed by atoms with Gasteiger partial charge in [-0.3, -0.25) is 0 Å². The molecule has 98 valence electrons. The van der Waals surface area contributed by atoms with Gasteiger partial charge in [0.2, 0.25) is 0 Å². The Bertz CT molecular complexity index is 375. The number of fused-ring (bicyclic) bond motifs is 1. The molecule has 0 aromatic heterocycles. The van der Waals surface area contributed by atoms with Crippen LogP contribution >= 0.6 is 0 Å². The van der Waals surface area contributed by atoms with Crippen LogP contribution in [0.1, 0.15) is 31.2 Å². The molecule has 18 heavy (non-hydrogen) atoms. The molecule has 0 spiro atoms. The lowest BCUT2D eigenvalue weighted by molar-refractivity contribution is 0.307.